The van der Waals surface area contributed by atoms with E-state index >= 15 is 0 Å². The average Bonchev–Trinajstić information content (AvgIpc) is 2.79. The van der Waals surface area contributed by atoms with Crippen LogP contribution in [0.2, 0.25) is 0 Å². The van der Waals surface area contributed by atoms with Crippen LogP contribution in [-0.4, -0.2) is 24.1 Å². The molecule has 0 bridgehead atoms. The highest BCUT2D eigenvalue weighted by molar-refractivity contribution is 7.12. The molecule has 0 atom stereocenters. The molecular weight excluding hydrogens is 238 g/mol. The van der Waals surface area contributed by atoms with E-state index in [0.29, 0.717) is 17.1 Å². The predicted octanol–water partition coefficient (Wildman–Crippen LogP) is 1.38. The molecule has 2 amide bonds. The summed E-state index contributed by atoms with van der Waals surface area (Å²) in [6.45, 7) is 4.14. The Kier molecular flexibility index (Phi) is 5.35. The van der Waals surface area contributed by atoms with E-state index in [9.17, 15) is 9.59 Å². The number of rotatable bonds is 5. The van der Waals surface area contributed by atoms with Gasteiger partial charge in [0.05, 0.1) is 11.3 Å². The van der Waals surface area contributed by atoms with Gasteiger partial charge in [-0.25, -0.2) is 5.43 Å². The molecule has 0 unspecified atom stereocenters. The smallest absolute Gasteiger partial charge is 0.281 e. The lowest BCUT2D eigenvalue weighted by atomic mass is 10.3. The number of carbonyl (C=O) groups is 2. The topological polar surface area (TPSA) is 70.6 Å². The first-order valence-corrected chi connectivity index (χ1v) is 6.15. The van der Waals surface area contributed by atoms with Gasteiger partial charge in [0.2, 0.25) is 5.91 Å². The summed E-state index contributed by atoms with van der Waals surface area (Å²) in [5.41, 5.74) is 2.98. The number of nitrogens with one attached hydrogen (secondary N) is 2. The van der Waals surface area contributed by atoms with Crippen LogP contribution in [0.5, 0.6) is 0 Å². The fourth-order valence-electron chi connectivity index (χ4n) is 1.14. The normalized spacial score (nSPS) is 11.1. The Bertz CT molecular complexity index is 412. The summed E-state index contributed by atoms with van der Waals surface area (Å²) in [6, 6.07) is 3.51. The molecule has 0 aliphatic rings. The van der Waals surface area contributed by atoms with Crippen molar-refractivity contribution >= 4 is 28.9 Å². The lowest BCUT2D eigenvalue weighted by Gasteiger charge is -2.02. The molecule has 1 heterocycles. The lowest BCUT2D eigenvalue weighted by Crippen LogP contribution is -2.26. The molecule has 0 saturated heterocycles. The zero-order valence-corrected chi connectivity index (χ0v) is 10.6. The number of hydrogen-bond donors (Lipinski definition) is 2. The highest BCUT2D eigenvalue weighted by atomic mass is 32.1. The largest absolute Gasteiger partial charge is 0.356 e. The maximum atomic E-state index is 11.5. The minimum Gasteiger partial charge on any atom is -0.356 e. The van der Waals surface area contributed by atoms with Gasteiger partial charge in [-0.3, -0.25) is 9.59 Å². The molecule has 0 radical (unpaired) electrons. The van der Waals surface area contributed by atoms with Crippen molar-refractivity contribution in [3.05, 3.63) is 22.4 Å². The van der Waals surface area contributed by atoms with Gasteiger partial charge in [-0.15, -0.1) is 11.3 Å². The first-order valence-electron chi connectivity index (χ1n) is 5.27. The summed E-state index contributed by atoms with van der Waals surface area (Å²) in [5, 5.41) is 8.35. The Morgan fingerprint density at radius 3 is 2.82 bits per heavy atom. The van der Waals surface area contributed by atoms with Crippen molar-refractivity contribution in [2.24, 2.45) is 5.10 Å². The predicted molar refractivity (Wildman–Crippen MR) is 68.2 cm³/mol. The molecule has 0 aliphatic carbocycles. The summed E-state index contributed by atoms with van der Waals surface area (Å²) in [6.07, 6.45) is 0.193. The fourth-order valence-corrected chi connectivity index (χ4v) is 1.75. The number of nitrogens with zero attached hydrogens (tertiary/aromatic N) is 1. The first kappa shape index (κ1) is 13.4. The van der Waals surface area contributed by atoms with Crippen molar-refractivity contribution in [3.63, 3.8) is 0 Å². The van der Waals surface area contributed by atoms with Gasteiger partial charge in [0.25, 0.3) is 5.91 Å². The van der Waals surface area contributed by atoms with E-state index in [1.807, 2.05) is 12.3 Å². The zero-order valence-electron chi connectivity index (χ0n) is 9.82. The van der Waals surface area contributed by atoms with E-state index in [0.717, 1.165) is 0 Å². The van der Waals surface area contributed by atoms with Crippen LogP contribution in [-0.2, 0) is 4.79 Å². The van der Waals surface area contributed by atoms with Gasteiger partial charge in [-0.05, 0) is 25.3 Å². The quantitative estimate of drug-likeness (QED) is 0.614. The second-order valence-electron chi connectivity index (χ2n) is 3.40. The number of carbonyl (C=O) groups excluding carboxylic acids is 2. The van der Waals surface area contributed by atoms with Crippen LogP contribution in [0, 0.1) is 0 Å². The van der Waals surface area contributed by atoms with Crippen LogP contribution in [0.3, 0.4) is 0 Å². The molecule has 1 aromatic rings. The highest BCUT2D eigenvalue weighted by Gasteiger charge is 2.06. The molecule has 1 aromatic heterocycles. The van der Waals surface area contributed by atoms with Crippen molar-refractivity contribution in [3.8, 4) is 0 Å². The standard InChI is InChI=1S/C11H15N3O2S/c1-3-12-10(15)7-8(2)13-14-11(16)9-5-4-6-17-9/h4-6H,3,7H2,1-2H3,(H,12,15)(H,14,16)/b13-8+. The first-order chi connectivity index (χ1) is 8.13. The second-order valence-corrected chi connectivity index (χ2v) is 4.34. The molecule has 5 nitrogen and oxygen atoms in total. The molecule has 0 spiro atoms. The third kappa shape index (κ3) is 4.78. The van der Waals surface area contributed by atoms with Gasteiger partial charge in [-0.1, -0.05) is 6.07 Å². The number of thiophene rings is 1. The molecule has 1 rings (SSSR count). The van der Waals surface area contributed by atoms with E-state index in [-0.39, 0.29) is 18.2 Å². The molecule has 0 aliphatic heterocycles. The van der Waals surface area contributed by atoms with Gasteiger partial charge >= 0.3 is 0 Å². The summed E-state index contributed by atoms with van der Waals surface area (Å²) in [7, 11) is 0. The summed E-state index contributed by atoms with van der Waals surface area (Å²) in [5.74, 6) is -0.352. The van der Waals surface area contributed by atoms with E-state index in [4.69, 9.17) is 0 Å². The van der Waals surface area contributed by atoms with Crippen molar-refractivity contribution in [2.75, 3.05) is 6.54 Å². The van der Waals surface area contributed by atoms with Crippen LogP contribution < -0.4 is 10.7 Å². The van der Waals surface area contributed by atoms with Gasteiger partial charge in [0.15, 0.2) is 0 Å². The SMILES string of the molecule is CCNC(=O)C/C(C)=N/NC(=O)c1cccs1. The Morgan fingerprint density at radius 1 is 1.47 bits per heavy atom. The Balaban J connectivity index is 2.42. The van der Waals surface area contributed by atoms with Crippen LogP contribution in [0.1, 0.15) is 29.9 Å². The van der Waals surface area contributed by atoms with Crippen molar-refractivity contribution in [1.82, 2.24) is 10.7 Å². The molecule has 0 saturated carbocycles. The number of amides is 2. The average molecular weight is 253 g/mol. The molecular formula is C11H15N3O2S. The molecule has 0 aromatic carbocycles. The Labute approximate surface area is 104 Å². The highest BCUT2D eigenvalue weighted by Crippen LogP contribution is 2.07. The lowest BCUT2D eigenvalue weighted by molar-refractivity contribution is -0.119. The van der Waals surface area contributed by atoms with Crippen LogP contribution in [0.25, 0.3) is 0 Å². The van der Waals surface area contributed by atoms with E-state index in [1.165, 1.54) is 11.3 Å². The Morgan fingerprint density at radius 2 is 2.24 bits per heavy atom. The third-order valence-electron chi connectivity index (χ3n) is 1.88. The maximum absolute atomic E-state index is 11.5. The zero-order chi connectivity index (χ0) is 12.7. The van der Waals surface area contributed by atoms with Gasteiger partial charge in [0.1, 0.15) is 0 Å². The molecule has 0 fully saturated rings. The van der Waals surface area contributed by atoms with E-state index in [2.05, 4.69) is 15.8 Å². The van der Waals surface area contributed by atoms with Gasteiger partial charge in [0, 0.05) is 12.3 Å². The van der Waals surface area contributed by atoms with Crippen LogP contribution >= 0.6 is 11.3 Å². The molecule has 17 heavy (non-hydrogen) atoms. The summed E-state index contributed by atoms with van der Waals surface area (Å²) in [4.78, 5) is 23.3. The van der Waals surface area contributed by atoms with Gasteiger partial charge in [-0.2, -0.15) is 5.10 Å². The Hall–Kier alpha value is -1.69. The summed E-state index contributed by atoms with van der Waals surface area (Å²) >= 11 is 1.34. The van der Waals surface area contributed by atoms with Crippen molar-refractivity contribution < 1.29 is 9.59 Å². The molecule has 2 N–H and O–H groups in total. The monoisotopic (exact) mass is 253 g/mol. The van der Waals surface area contributed by atoms with E-state index < -0.39 is 0 Å². The molecule has 6 heteroatoms. The van der Waals surface area contributed by atoms with Gasteiger partial charge < -0.3 is 5.32 Å². The molecule has 92 valence electrons. The third-order valence-corrected chi connectivity index (χ3v) is 2.75. The van der Waals surface area contributed by atoms with Crippen LogP contribution in [0.4, 0.5) is 0 Å². The number of hydrazone groups is 1. The van der Waals surface area contributed by atoms with E-state index in [1.54, 1.807) is 19.1 Å². The van der Waals surface area contributed by atoms with Crippen molar-refractivity contribution in [1.29, 1.82) is 0 Å². The maximum Gasteiger partial charge on any atom is 0.281 e. The van der Waals surface area contributed by atoms with Crippen molar-refractivity contribution in [2.45, 2.75) is 20.3 Å². The minimum atomic E-state index is -0.254. The fraction of sp³-hybridized carbons (Fsp3) is 0.364. The number of hydrogen-bond acceptors (Lipinski definition) is 4. The summed E-state index contributed by atoms with van der Waals surface area (Å²) < 4.78 is 0. The van der Waals surface area contributed by atoms with Crippen LogP contribution in [0.15, 0.2) is 22.6 Å². The minimum absolute atomic E-state index is 0.0980. The second kappa shape index (κ2) is 6.80.